The third-order valence-electron chi connectivity index (χ3n) is 5.85. The number of carboxylic acids is 1. The van der Waals surface area contributed by atoms with Crippen LogP contribution in [0.15, 0.2) is 36.4 Å². The number of aromatic nitrogens is 3. The molecule has 7 nitrogen and oxygen atoms in total. The maximum absolute atomic E-state index is 11.5. The molecule has 5 rings (SSSR count). The van der Waals surface area contributed by atoms with Gasteiger partial charge in [0, 0.05) is 19.0 Å². The Morgan fingerprint density at radius 1 is 1.31 bits per heavy atom. The van der Waals surface area contributed by atoms with Crippen LogP contribution in [0.5, 0.6) is 5.75 Å². The van der Waals surface area contributed by atoms with Crippen molar-refractivity contribution in [2.45, 2.75) is 19.4 Å². The molecule has 1 atom stereocenters. The molecule has 148 valence electrons. The van der Waals surface area contributed by atoms with Gasteiger partial charge in [0.1, 0.15) is 11.3 Å². The summed E-state index contributed by atoms with van der Waals surface area (Å²) in [7, 11) is 3.50. The Labute approximate surface area is 167 Å². The van der Waals surface area contributed by atoms with Crippen molar-refractivity contribution in [3.63, 3.8) is 0 Å². The van der Waals surface area contributed by atoms with Gasteiger partial charge in [0.25, 0.3) is 0 Å². The molecule has 1 unspecified atom stereocenters. The summed E-state index contributed by atoms with van der Waals surface area (Å²) in [4.78, 5) is 16.4. The molecular weight excluding hydrogens is 368 g/mol. The maximum atomic E-state index is 11.5. The fourth-order valence-corrected chi connectivity index (χ4v) is 4.44. The highest BCUT2D eigenvalue weighted by atomic mass is 16.5. The van der Waals surface area contributed by atoms with Crippen molar-refractivity contribution in [3.05, 3.63) is 42.0 Å². The van der Waals surface area contributed by atoms with Crippen LogP contribution in [0.2, 0.25) is 0 Å². The van der Waals surface area contributed by atoms with E-state index in [0.29, 0.717) is 17.3 Å². The van der Waals surface area contributed by atoms with Gasteiger partial charge in [-0.25, -0.2) is 9.78 Å². The highest BCUT2D eigenvalue weighted by Gasteiger charge is 2.26. The number of aryl methyl sites for hydroxylation is 1. The molecule has 4 aromatic rings. The number of aromatic carboxylic acids is 1. The van der Waals surface area contributed by atoms with Crippen molar-refractivity contribution < 1.29 is 14.6 Å². The summed E-state index contributed by atoms with van der Waals surface area (Å²) in [6, 6.07) is 11.9. The number of fused-ring (bicyclic) bond motifs is 1. The molecule has 0 saturated heterocycles. The second kappa shape index (κ2) is 6.27. The topological polar surface area (TPSA) is 81.3 Å². The number of carbonyl (C=O) groups is 1. The fourth-order valence-electron chi connectivity index (χ4n) is 4.44. The standard InChI is InChI=1S/C22H22N4O3/c1-4-14-11-23-15-7-5-6-12-9-17(26(14)19(12)15)21-24-16-8-13(22(27)28)10-18(29-3)20(16)25(21)2/h5-10,14,23H,4,11H2,1-3H3,(H,27,28). The van der Waals surface area contributed by atoms with E-state index in [0.717, 1.165) is 41.1 Å². The number of imidazole rings is 1. The van der Waals surface area contributed by atoms with Gasteiger partial charge in [-0.1, -0.05) is 19.1 Å². The first kappa shape index (κ1) is 17.6. The van der Waals surface area contributed by atoms with E-state index in [-0.39, 0.29) is 5.56 Å². The largest absolute Gasteiger partial charge is 0.494 e. The molecule has 0 radical (unpaired) electrons. The van der Waals surface area contributed by atoms with Crippen LogP contribution >= 0.6 is 0 Å². The van der Waals surface area contributed by atoms with Crippen LogP contribution in [0.4, 0.5) is 5.69 Å². The summed E-state index contributed by atoms with van der Waals surface area (Å²) in [5.41, 5.74) is 4.90. The highest BCUT2D eigenvalue weighted by Crippen LogP contribution is 2.40. The van der Waals surface area contributed by atoms with Crippen LogP contribution in [0.25, 0.3) is 33.5 Å². The molecule has 29 heavy (non-hydrogen) atoms. The summed E-state index contributed by atoms with van der Waals surface area (Å²) in [6.07, 6.45) is 0.995. The molecule has 0 aliphatic carbocycles. The van der Waals surface area contributed by atoms with Crippen molar-refractivity contribution in [2.24, 2.45) is 7.05 Å². The van der Waals surface area contributed by atoms with E-state index < -0.39 is 5.97 Å². The molecule has 0 spiro atoms. The predicted octanol–water partition coefficient (Wildman–Crippen LogP) is 4.28. The van der Waals surface area contributed by atoms with Gasteiger partial charge in [-0.15, -0.1) is 0 Å². The minimum absolute atomic E-state index is 0.165. The number of rotatable bonds is 4. The minimum Gasteiger partial charge on any atom is -0.494 e. The van der Waals surface area contributed by atoms with Gasteiger partial charge in [-0.2, -0.15) is 0 Å². The van der Waals surface area contributed by atoms with Crippen LogP contribution in [-0.4, -0.2) is 38.8 Å². The van der Waals surface area contributed by atoms with E-state index in [1.807, 2.05) is 11.6 Å². The van der Waals surface area contributed by atoms with Crippen LogP contribution in [0.1, 0.15) is 29.7 Å². The first-order valence-corrected chi connectivity index (χ1v) is 9.69. The Morgan fingerprint density at radius 2 is 2.14 bits per heavy atom. The fraction of sp³-hybridized carbons (Fsp3) is 0.273. The maximum Gasteiger partial charge on any atom is 0.335 e. The zero-order valence-electron chi connectivity index (χ0n) is 16.6. The number of ether oxygens (including phenoxy) is 1. The normalized spacial score (nSPS) is 15.6. The first-order valence-electron chi connectivity index (χ1n) is 9.69. The molecule has 2 aromatic heterocycles. The van der Waals surface area contributed by atoms with Gasteiger partial charge >= 0.3 is 5.97 Å². The van der Waals surface area contributed by atoms with Gasteiger partial charge in [-0.3, -0.25) is 0 Å². The van der Waals surface area contributed by atoms with Crippen molar-refractivity contribution in [1.82, 2.24) is 14.1 Å². The summed E-state index contributed by atoms with van der Waals surface area (Å²) >= 11 is 0. The molecule has 0 bridgehead atoms. The van der Waals surface area contributed by atoms with Crippen LogP contribution in [0, 0.1) is 0 Å². The van der Waals surface area contributed by atoms with Crippen LogP contribution in [-0.2, 0) is 7.05 Å². The average Bonchev–Trinajstić information content (AvgIpc) is 3.27. The van der Waals surface area contributed by atoms with Gasteiger partial charge in [-0.05, 0) is 30.7 Å². The van der Waals surface area contributed by atoms with Gasteiger partial charge in [0.15, 0.2) is 5.82 Å². The molecule has 2 N–H and O–H groups in total. The van der Waals surface area contributed by atoms with E-state index in [9.17, 15) is 9.90 Å². The predicted molar refractivity (Wildman–Crippen MR) is 113 cm³/mol. The average molecular weight is 390 g/mol. The number of para-hydroxylation sites is 1. The molecule has 0 fully saturated rings. The molecule has 2 aromatic carbocycles. The Kier molecular flexibility index (Phi) is 3.81. The van der Waals surface area contributed by atoms with Gasteiger partial charge in [0.2, 0.25) is 0 Å². The van der Waals surface area contributed by atoms with E-state index >= 15 is 0 Å². The Hall–Kier alpha value is -3.48. The SMILES string of the molecule is CCC1CNc2cccc3cc(-c4nc5cc(C(=O)O)cc(OC)c5n4C)n1c23. The zero-order chi connectivity index (χ0) is 20.3. The van der Waals surface area contributed by atoms with E-state index in [1.54, 1.807) is 19.2 Å². The van der Waals surface area contributed by atoms with Crippen molar-refractivity contribution in [3.8, 4) is 17.3 Å². The van der Waals surface area contributed by atoms with E-state index in [4.69, 9.17) is 9.72 Å². The van der Waals surface area contributed by atoms with E-state index in [2.05, 4.69) is 41.1 Å². The zero-order valence-corrected chi connectivity index (χ0v) is 16.6. The summed E-state index contributed by atoms with van der Waals surface area (Å²) in [5.74, 6) is 0.302. The van der Waals surface area contributed by atoms with Crippen LogP contribution < -0.4 is 10.1 Å². The number of hydrogen-bond acceptors (Lipinski definition) is 4. The minimum atomic E-state index is -0.998. The van der Waals surface area contributed by atoms with Crippen LogP contribution in [0.3, 0.4) is 0 Å². The lowest BCUT2D eigenvalue weighted by Gasteiger charge is -2.28. The number of benzene rings is 2. The number of methoxy groups -OCH3 is 1. The Bertz CT molecular complexity index is 1280. The molecule has 1 aliphatic rings. The lowest BCUT2D eigenvalue weighted by atomic mass is 10.1. The molecule has 0 saturated carbocycles. The number of nitrogens with zero attached hydrogens (tertiary/aromatic N) is 3. The quantitative estimate of drug-likeness (QED) is 0.544. The number of hydrogen-bond donors (Lipinski definition) is 2. The molecule has 3 heterocycles. The molecular formula is C22H22N4O3. The molecule has 0 amide bonds. The van der Waals surface area contributed by atoms with E-state index in [1.165, 1.54) is 5.52 Å². The summed E-state index contributed by atoms with van der Waals surface area (Å²) in [6.45, 7) is 3.05. The highest BCUT2D eigenvalue weighted by molar-refractivity contribution is 5.99. The lowest BCUT2D eigenvalue weighted by molar-refractivity contribution is 0.0696. The lowest BCUT2D eigenvalue weighted by Crippen LogP contribution is -2.24. The van der Waals surface area contributed by atoms with Crippen molar-refractivity contribution in [2.75, 3.05) is 19.0 Å². The summed E-state index contributed by atoms with van der Waals surface area (Å²) in [5, 5.41) is 14.1. The van der Waals surface area contributed by atoms with Gasteiger partial charge in [0.05, 0.1) is 41.1 Å². The monoisotopic (exact) mass is 390 g/mol. The van der Waals surface area contributed by atoms with Crippen molar-refractivity contribution >= 4 is 33.6 Å². The Morgan fingerprint density at radius 3 is 2.86 bits per heavy atom. The second-order valence-corrected chi connectivity index (χ2v) is 7.43. The smallest absolute Gasteiger partial charge is 0.335 e. The first-order chi connectivity index (χ1) is 14.0. The molecule has 1 aliphatic heterocycles. The summed E-state index contributed by atoms with van der Waals surface area (Å²) < 4.78 is 9.86. The molecule has 7 heteroatoms. The number of anilines is 1. The number of nitrogens with one attached hydrogen (secondary N) is 1. The number of carboxylic acid groups (broad SMARTS) is 1. The third kappa shape index (κ3) is 2.43. The second-order valence-electron chi connectivity index (χ2n) is 7.43. The van der Waals surface area contributed by atoms with Crippen molar-refractivity contribution in [1.29, 1.82) is 0 Å². The Balaban J connectivity index is 1.83. The van der Waals surface area contributed by atoms with Gasteiger partial charge < -0.3 is 24.3 Å². The third-order valence-corrected chi connectivity index (χ3v) is 5.85.